The molecule has 0 unspecified atom stereocenters. The van der Waals surface area contributed by atoms with Crippen molar-refractivity contribution in [3.05, 3.63) is 11.6 Å². The second kappa shape index (κ2) is 8.79. The third kappa shape index (κ3) is 6.50. The van der Waals surface area contributed by atoms with Gasteiger partial charge in [0.1, 0.15) is 5.60 Å². The smallest absolute Gasteiger partial charge is 0.275 e. The summed E-state index contributed by atoms with van der Waals surface area (Å²) in [6.07, 6.45) is 4.18. The van der Waals surface area contributed by atoms with E-state index in [2.05, 4.69) is 9.93 Å². The zero-order chi connectivity index (χ0) is 17.5. The predicted molar refractivity (Wildman–Crippen MR) is 81.6 cm³/mol. The average molecular weight is 327 g/mol. The maximum atomic E-state index is 11.6. The van der Waals surface area contributed by atoms with E-state index in [1.807, 2.05) is 20.8 Å². The Bertz CT molecular complexity index is 483. The minimum absolute atomic E-state index is 0.190. The van der Waals surface area contributed by atoms with Crippen LogP contribution in [0.25, 0.3) is 0 Å². The maximum Gasteiger partial charge on any atom is 0.345 e. The molecule has 23 heavy (non-hydrogen) atoms. The van der Waals surface area contributed by atoms with Crippen LogP contribution in [0.5, 0.6) is 0 Å². The van der Waals surface area contributed by atoms with E-state index in [1.54, 1.807) is 6.92 Å². The van der Waals surface area contributed by atoms with Crippen LogP contribution in [-0.4, -0.2) is 34.8 Å². The van der Waals surface area contributed by atoms with E-state index in [9.17, 15) is 14.4 Å². The molecular formula is C16H25NO6. The zero-order valence-corrected chi connectivity index (χ0v) is 14.2. The highest BCUT2D eigenvalue weighted by Crippen LogP contribution is 2.15. The van der Waals surface area contributed by atoms with E-state index in [4.69, 9.17) is 4.89 Å². The first kappa shape index (κ1) is 19.3. The number of unbranched alkanes of at least 4 members (excludes halogenated alkanes) is 2. The van der Waals surface area contributed by atoms with Crippen molar-refractivity contribution in [2.24, 2.45) is 0 Å². The van der Waals surface area contributed by atoms with Gasteiger partial charge in [-0.3, -0.25) is 19.4 Å². The van der Waals surface area contributed by atoms with Crippen molar-refractivity contribution in [2.45, 2.75) is 65.4 Å². The van der Waals surface area contributed by atoms with Crippen molar-refractivity contribution in [3.63, 3.8) is 0 Å². The Hall–Kier alpha value is -1.73. The van der Waals surface area contributed by atoms with Crippen molar-refractivity contribution < 1.29 is 29.2 Å². The molecule has 2 amide bonds. The molecule has 0 bridgehead atoms. The second-order valence-corrected chi connectivity index (χ2v) is 6.15. The molecule has 130 valence electrons. The first-order valence-electron chi connectivity index (χ1n) is 7.86. The van der Waals surface area contributed by atoms with E-state index < -0.39 is 11.6 Å². The zero-order valence-electron chi connectivity index (χ0n) is 14.2. The minimum atomic E-state index is -0.513. The van der Waals surface area contributed by atoms with Crippen LogP contribution in [0.4, 0.5) is 0 Å². The van der Waals surface area contributed by atoms with Gasteiger partial charge in [-0.1, -0.05) is 13.3 Å². The van der Waals surface area contributed by atoms with Crippen molar-refractivity contribution in [1.82, 2.24) is 4.90 Å². The van der Waals surface area contributed by atoms with Crippen LogP contribution < -0.4 is 0 Å². The van der Waals surface area contributed by atoms with Crippen LogP contribution >= 0.6 is 0 Å². The normalized spacial score (nSPS) is 15.1. The Kier molecular flexibility index (Phi) is 7.38. The van der Waals surface area contributed by atoms with Gasteiger partial charge in [-0.2, -0.15) is 4.89 Å². The fraction of sp³-hybridized carbons (Fsp3) is 0.688. The summed E-state index contributed by atoms with van der Waals surface area (Å²) in [5, 5.41) is 4.48. The highest BCUT2D eigenvalue weighted by Gasteiger charge is 2.27. The minimum Gasteiger partial charge on any atom is -0.275 e. The number of amides is 2. The summed E-state index contributed by atoms with van der Waals surface area (Å²) >= 11 is 0. The molecule has 0 radical (unpaired) electrons. The molecule has 0 saturated heterocycles. The van der Waals surface area contributed by atoms with Gasteiger partial charge in [0.05, 0.1) is 0 Å². The topological polar surface area (TPSA) is 82.1 Å². The molecule has 0 spiro atoms. The quantitative estimate of drug-likeness (QED) is 0.265. The first-order chi connectivity index (χ1) is 10.8. The molecule has 1 aliphatic heterocycles. The fourth-order valence-electron chi connectivity index (χ4n) is 1.81. The van der Waals surface area contributed by atoms with Crippen molar-refractivity contribution >= 4 is 17.8 Å². The Labute approximate surface area is 136 Å². The van der Waals surface area contributed by atoms with Gasteiger partial charge in [-0.05, 0) is 45.1 Å². The molecule has 1 heterocycles. The lowest BCUT2D eigenvalue weighted by molar-refractivity contribution is -0.517. The molecule has 0 fully saturated rings. The van der Waals surface area contributed by atoms with E-state index >= 15 is 0 Å². The summed E-state index contributed by atoms with van der Waals surface area (Å²) in [6.45, 7) is 7.55. The number of rotatable bonds is 10. The Morgan fingerprint density at radius 3 is 2.48 bits per heavy atom. The average Bonchev–Trinajstić information content (AvgIpc) is 2.72. The Balaban J connectivity index is 2.08. The summed E-state index contributed by atoms with van der Waals surface area (Å²) in [4.78, 5) is 45.3. The summed E-state index contributed by atoms with van der Waals surface area (Å²) in [5.41, 5.74) is -0.0490. The van der Waals surface area contributed by atoms with Crippen LogP contribution in [0.15, 0.2) is 11.6 Å². The SMILES string of the molecule is CCC(C)(C)OOOC(=O)CCCCCN1C(=O)C=C(C)C1=O. The molecule has 0 N–H and O–H groups in total. The molecule has 7 heteroatoms. The van der Waals surface area contributed by atoms with Gasteiger partial charge in [-0.25, -0.2) is 4.79 Å². The van der Waals surface area contributed by atoms with Gasteiger partial charge < -0.3 is 0 Å². The molecule has 1 aliphatic rings. The molecule has 7 nitrogen and oxygen atoms in total. The van der Waals surface area contributed by atoms with Gasteiger partial charge in [0.25, 0.3) is 11.8 Å². The lowest BCUT2D eigenvalue weighted by Crippen LogP contribution is -2.31. The molecule has 0 atom stereocenters. The summed E-state index contributed by atoms with van der Waals surface area (Å²) in [5.74, 6) is -1.02. The third-order valence-electron chi connectivity index (χ3n) is 3.69. The summed E-state index contributed by atoms with van der Waals surface area (Å²) in [6, 6.07) is 0. The number of nitrogens with zero attached hydrogens (tertiary/aromatic N) is 1. The maximum absolute atomic E-state index is 11.6. The van der Waals surface area contributed by atoms with Crippen LogP contribution in [0, 0.1) is 0 Å². The highest BCUT2D eigenvalue weighted by molar-refractivity contribution is 6.15. The highest BCUT2D eigenvalue weighted by atomic mass is 17.5. The standard InChI is InChI=1S/C16H25NO6/c1-5-16(3,4)22-23-21-14(19)9-7-6-8-10-17-13(18)11-12(2)15(17)20/h11H,5-10H2,1-4H3. The Morgan fingerprint density at radius 1 is 1.22 bits per heavy atom. The number of imide groups is 1. The van der Waals surface area contributed by atoms with Crippen LogP contribution in [0.2, 0.25) is 0 Å². The molecule has 0 aliphatic carbocycles. The van der Waals surface area contributed by atoms with Crippen molar-refractivity contribution in [2.75, 3.05) is 6.54 Å². The lowest BCUT2D eigenvalue weighted by atomic mass is 10.1. The molecule has 1 rings (SSSR count). The van der Waals surface area contributed by atoms with Gasteiger partial charge in [0.2, 0.25) is 0 Å². The number of carbonyl (C=O) groups excluding carboxylic acids is 3. The summed E-state index contributed by atoms with van der Waals surface area (Å²) in [7, 11) is 0. The second-order valence-electron chi connectivity index (χ2n) is 6.15. The predicted octanol–water partition coefficient (Wildman–Crippen LogP) is 2.46. The third-order valence-corrected chi connectivity index (χ3v) is 3.69. The van der Waals surface area contributed by atoms with Gasteiger partial charge in [0.15, 0.2) is 0 Å². The molecular weight excluding hydrogens is 302 g/mol. The van der Waals surface area contributed by atoms with Crippen molar-refractivity contribution in [3.8, 4) is 0 Å². The number of hydrogen-bond acceptors (Lipinski definition) is 6. The van der Waals surface area contributed by atoms with Crippen LogP contribution in [0.3, 0.4) is 0 Å². The number of hydrogen-bond donors (Lipinski definition) is 0. The first-order valence-corrected chi connectivity index (χ1v) is 7.86. The molecule has 0 aromatic heterocycles. The molecule has 0 saturated carbocycles. The van der Waals surface area contributed by atoms with E-state index in [1.165, 1.54) is 11.0 Å². The lowest BCUT2D eigenvalue weighted by Gasteiger charge is -2.19. The molecule has 0 aromatic carbocycles. The monoisotopic (exact) mass is 327 g/mol. The largest absolute Gasteiger partial charge is 0.345 e. The van der Waals surface area contributed by atoms with E-state index in [0.29, 0.717) is 37.8 Å². The van der Waals surface area contributed by atoms with E-state index in [0.717, 1.165) is 0 Å². The summed E-state index contributed by atoms with van der Waals surface area (Å²) < 4.78 is 0. The van der Waals surface area contributed by atoms with Crippen molar-refractivity contribution in [1.29, 1.82) is 0 Å². The van der Waals surface area contributed by atoms with Gasteiger partial charge >= 0.3 is 5.97 Å². The van der Waals surface area contributed by atoms with Crippen LogP contribution in [0.1, 0.15) is 59.8 Å². The van der Waals surface area contributed by atoms with Gasteiger partial charge in [-0.15, -0.1) is 0 Å². The van der Waals surface area contributed by atoms with E-state index in [-0.39, 0.29) is 18.2 Å². The Morgan fingerprint density at radius 2 is 1.91 bits per heavy atom. The number of carbonyl (C=O) groups is 3. The molecule has 0 aromatic rings. The van der Waals surface area contributed by atoms with Crippen LogP contribution in [-0.2, 0) is 29.2 Å². The van der Waals surface area contributed by atoms with Gasteiger partial charge in [0, 0.05) is 24.6 Å². The fourth-order valence-corrected chi connectivity index (χ4v) is 1.81.